The summed E-state index contributed by atoms with van der Waals surface area (Å²) >= 11 is 0. The van der Waals surface area contributed by atoms with E-state index in [4.69, 9.17) is 0 Å². The van der Waals surface area contributed by atoms with E-state index >= 15 is 0 Å². The molecule has 1 saturated carbocycles. The molecule has 0 aromatic heterocycles. The van der Waals surface area contributed by atoms with Crippen molar-refractivity contribution in [2.45, 2.75) is 24.9 Å². The number of amides is 2. The van der Waals surface area contributed by atoms with Crippen LogP contribution in [0.2, 0.25) is 0 Å². The van der Waals surface area contributed by atoms with Crippen LogP contribution < -0.4 is 5.32 Å². The summed E-state index contributed by atoms with van der Waals surface area (Å²) < 4.78 is 0. The van der Waals surface area contributed by atoms with Gasteiger partial charge < -0.3 is 15.3 Å². The van der Waals surface area contributed by atoms with E-state index in [1.165, 1.54) is 12.1 Å². The molecule has 1 aromatic rings. The van der Waals surface area contributed by atoms with E-state index in [0.717, 1.165) is 12.8 Å². The zero-order valence-electron chi connectivity index (χ0n) is 9.80. The first-order valence-corrected chi connectivity index (χ1v) is 6.04. The molecule has 94 valence electrons. The van der Waals surface area contributed by atoms with Gasteiger partial charge in [-0.1, -0.05) is 12.1 Å². The van der Waals surface area contributed by atoms with Gasteiger partial charge in [-0.05, 0) is 30.5 Å². The Morgan fingerprint density at radius 2 is 1.83 bits per heavy atom. The fraction of sp³-hybridized carbons (Fsp3) is 0.385. The molecule has 2 amide bonds. The summed E-state index contributed by atoms with van der Waals surface area (Å²) in [4.78, 5) is 25.6. The Hall–Kier alpha value is -2.04. The van der Waals surface area contributed by atoms with Gasteiger partial charge in [0.1, 0.15) is 11.8 Å². The molecule has 0 unspecified atom stereocenters. The number of benzene rings is 1. The van der Waals surface area contributed by atoms with Crippen LogP contribution in [0.15, 0.2) is 24.3 Å². The summed E-state index contributed by atoms with van der Waals surface area (Å²) in [6, 6.07) is 5.98. The summed E-state index contributed by atoms with van der Waals surface area (Å²) in [5.74, 6) is -0.0326. The third-order valence-electron chi connectivity index (χ3n) is 3.36. The predicted molar refractivity (Wildman–Crippen MR) is 63.7 cm³/mol. The standard InChI is InChI=1S/C13H14N2O3/c16-10-5-1-8(2-6-10)12-13(18)15(9-3-4-9)7-11(17)14-12/h1-2,5-6,9,12,16H,3-4,7H2,(H,14,17)/t12-/m0/s1. The van der Waals surface area contributed by atoms with Crippen LogP contribution in [0.1, 0.15) is 24.4 Å². The molecule has 1 aromatic carbocycles. The zero-order valence-corrected chi connectivity index (χ0v) is 9.80. The van der Waals surface area contributed by atoms with Gasteiger partial charge in [0.15, 0.2) is 0 Å². The summed E-state index contributed by atoms with van der Waals surface area (Å²) in [5, 5.41) is 11.9. The third-order valence-corrected chi connectivity index (χ3v) is 3.36. The van der Waals surface area contributed by atoms with E-state index in [9.17, 15) is 14.7 Å². The second-order valence-corrected chi connectivity index (χ2v) is 4.79. The first-order chi connectivity index (χ1) is 8.65. The Labute approximate surface area is 104 Å². The van der Waals surface area contributed by atoms with Gasteiger partial charge in [0.25, 0.3) is 5.91 Å². The fourth-order valence-corrected chi connectivity index (χ4v) is 2.25. The van der Waals surface area contributed by atoms with Crippen molar-refractivity contribution in [2.24, 2.45) is 0 Å². The van der Waals surface area contributed by atoms with Crippen LogP contribution in [0.4, 0.5) is 0 Å². The van der Waals surface area contributed by atoms with Crippen molar-refractivity contribution < 1.29 is 14.7 Å². The highest BCUT2D eigenvalue weighted by Gasteiger charge is 2.41. The van der Waals surface area contributed by atoms with Crippen molar-refractivity contribution in [3.8, 4) is 5.75 Å². The molecule has 5 heteroatoms. The van der Waals surface area contributed by atoms with E-state index in [0.29, 0.717) is 5.56 Å². The first-order valence-electron chi connectivity index (χ1n) is 6.04. The number of hydrogen-bond donors (Lipinski definition) is 2. The van der Waals surface area contributed by atoms with E-state index in [1.807, 2.05) is 0 Å². The molecule has 0 bridgehead atoms. The fourth-order valence-electron chi connectivity index (χ4n) is 2.25. The van der Waals surface area contributed by atoms with Crippen LogP contribution in [-0.4, -0.2) is 34.4 Å². The molecule has 2 N–H and O–H groups in total. The number of carbonyl (C=O) groups excluding carboxylic acids is 2. The quantitative estimate of drug-likeness (QED) is 0.800. The smallest absolute Gasteiger partial charge is 0.250 e. The molecule has 18 heavy (non-hydrogen) atoms. The largest absolute Gasteiger partial charge is 0.508 e. The number of aromatic hydroxyl groups is 1. The average molecular weight is 246 g/mol. The predicted octanol–water partition coefficient (Wildman–Crippen LogP) is 0.554. The van der Waals surface area contributed by atoms with Crippen molar-refractivity contribution in [3.63, 3.8) is 0 Å². The van der Waals surface area contributed by atoms with Crippen LogP contribution in [0.25, 0.3) is 0 Å². The number of nitrogens with one attached hydrogen (secondary N) is 1. The Bertz CT molecular complexity index is 493. The molecule has 2 aliphatic rings. The molecule has 1 heterocycles. The lowest BCUT2D eigenvalue weighted by atomic mass is 10.0. The second-order valence-electron chi connectivity index (χ2n) is 4.79. The molecule has 0 radical (unpaired) electrons. The Morgan fingerprint density at radius 1 is 1.17 bits per heavy atom. The van der Waals surface area contributed by atoms with Crippen molar-refractivity contribution >= 4 is 11.8 Å². The number of phenols is 1. The lowest BCUT2D eigenvalue weighted by molar-refractivity contribution is -0.145. The maximum atomic E-state index is 12.3. The van der Waals surface area contributed by atoms with Crippen LogP contribution in [0, 0.1) is 0 Å². The molecule has 1 saturated heterocycles. The van der Waals surface area contributed by atoms with Gasteiger partial charge in [0.05, 0.1) is 6.54 Å². The molecule has 3 rings (SSSR count). The Morgan fingerprint density at radius 3 is 2.44 bits per heavy atom. The van der Waals surface area contributed by atoms with Crippen LogP contribution >= 0.6 is 0 Å². The van der Waals surface area contributed by atoms with Crippen molar-refractivity contribution in [1.29, 1.82) is 0 Å². The van der Waals surface area contributed by atoms with Gasteiger partial charge in [-0.2, -0.15) is 0 Å². The summed E-state index contributed by atoms with van der Waals surface area (Å²) in [5.41, 5.74) is 0.705. The molecule has 1 aliphatic carbocycles. The summed E-state index contributed by atoms with van der Waals surface area (Å²) in [7, 11) is 0. The van der Waals surface area contributed by atoms with E-state index in [2.05, 4.69) is 5.32 Å². The number of nitrogens with zero attached hydrogens (tertiary/aromatic N) is 1. The third kappa shape index (κ3) is 1.92. The first kappa shape index (κ1) is 11.1. The topological polar surface area (TPSA) is 69.6 Å². The van der Waals surface area contributed by atoms with Crippen molar-refractivity contribution in [3.05, 3.63) is 29.8 Å². The summed E-state index contributed by atoms with van der Waals surface area (Å²) in [6.45, 7) is 0.165. The van der Waals surface area contributed by atoms with E-state index in [1.54, 1.807) is 17.0 Å². The zero-order chi connectivity index (χ0) is 12.7. The number of phenolic OH excluding ortho intramolecular Hbond substituents is 1. The highest BCUT2D eigenvalue weighted by molar-refractivity contribution is 5.95. The Balaban J connectivity index is 1.87. The van der Waals surface area contributed by atoms with Gasteiger partial charge in [-0.15, -0.1) is 0 Å². The monoisotopic (exact) mass is 246 g/mol. The molecule has 1 atom stereocenters. The van der Waals surface area contributed by atoms with Gasteiger partial charge in [-0.25, -0.2) is 0 Å². The van der Waals surface area contributed by atoms with E-state index < -0.39 is 6.04 Å². The van der Waals surface area contributed by atoms with Crippen molar-refractivity contribution in [1.82, 2.24) is 10.2 Å². The normalized spacial score (nSPS) is 24.0. The second kappa shape index (κ2) is 4.01. The minimum atomic E-state index is -0.618. The average Bonchev–Trinajstić information content (AvgIpc) is 3.17. The minimum absolute atomic E-state index is 0.0530. The van der Waals surface area contributed by atoms with Crippen molar-refractivity contribution in [2.75, 3.05) is 6.54 Å². The van der Waals surface area contributed by atoms with Gasteiger partial charge in [0, 0.05) is 6.04 Å². The molecular formula is C13H14N2O3. The molecular weight excluding hydrogens is 232 g/mol. The molecule has 5 nitrogen and oxygen atoms in total. The highest BCUT2D eigenvalue weighted by atomic mass is 16.3. The van der Waals surface area contributed by atoms with Crippen LogP contribution in [-0.2, 0) is 9.59 Å². The highest BCUT2D eigenvalue weighted by Crippen LogP contribution is 2.31. The molecule has 0 spiro atoms. The van der Waals surface area contributed by atoms with Crippen LogP contribution in [0.3, 0.4) is 0 Å². The lowest BCUT2D eigenvalue weighted by Crippen LogP contribution is -2.54. The van der Waals surface area contributed by atoms with Crippen LogP contribution in [0.5, 0.6) is 5.75 Å². The number of rotatable bonds is 2. The lowest BCUT2D eigenvalue weighted by Gasteiger charge is -2.32. The van der Waals surface area contributed by atoms with E-state index in [-0.39, 0.29) is 30.2 Å². The maximum absolute atomic E-state index is 12.3. The number of carbonyl (C=O) groups is 2. The maximum Gasteiger partial charge on any atom is 0.250 e. The SMILES string of the molecule is O=C1CN(C2CC2)C(=O)[C@H](c2ccc(O)cc2)N1. The summed E-state index contributed by atoms with van der Waals surface area (Å²) in [6.07, 6.45) is 1.97. The molecule has 1 aliphatic heterocycles. The molecule has 2 fully saturated rings. The number of piperazine rings is 1. The Kier molecular flexibility index (Phi) is 2.47. The number of hydrogen-bond acceptors (Lipinski definition) is 3. The van der Waals surface area contributed by atoms with Gasteiger partial charge in [-0.3, -0.25) is 9.59 Å². The van der Waals surface area contributed by atoms with Gasteiger partial charge in [0.2, 0.25) is 5.91 Å². The van der Waals surface area contributed by atoms with Gasteiger partial charge >= 0.3 is 0 Å². The minimum Gasteiger partial charge on any atom is -0.508 e.